The Balaban J connectivity index is 1.47. The topological polar surface area (TPSA) is 56.1 Å². The first-order valence-corrected chi connectivity index (χ1v) is 9.06. The van der Waals surface area contributed by atoms with Gasteiger partial charge in [-0.2, -0.15) is 15.0 Å². The molecule has 4 rings (SSSR count). The zero-order valence-corrected chi connectivity index (χ0v) is 14.7. The number of rotatable bonds is 7. The van der Waals surface area contributed by atoms with Crippen molar-refractivity contribution >= 4 is 0 Å². The van der Waals surface area contributed by atoms with Crippen molar-refractivity contribution in [1.82, 2.24) is 24.9 Å². The first kappa shape index (κ1) is 16.9. The predicted molar refractivity (Wildman–Crippen MR) is 98.7 cm³/mol. The standard InChI is InChI=1S/C20H23N5O/c1-2-7-19(8-3-1)25-22-13-18(23-25)15-24(16-20-9-5-11-26-20)14-17-6-4-10-21-12-17/h1-4,6-8,10,12-13,20H,5,9,11,14-16H2. The van der Waals surface area contributed by atoms with Gasteiger partial charge in [0.2, 0.25) is 0 Å². The highest BCUT2D eigenvalue weighted by Crippen LogP contribution is 2.16. The monoisotopic (exact) mass is 349 g/mol. The van der Waals surface area contributed by atoms with E-state index in [1.165, 1.54) is 5.56 Å². The maximum Gasteiger partial charge on any atom is 0.0971 e. The number of benzene rings is 1. The lowest BCUT2D eigenvalue weighted by Crippen LogP contribution is -2.31. The molecule has 0 N–H and O–H groups in total. The molecule has 1 aliphatic heterocycles. The van der Waals surface area contributed by atoms with E-state index in [0.717, 1.165) is 50.5 Å². The third-order valence-corrected chi connectivity index (χ3v) is 4.53. The van der Waals surface area contributed by atoms with Crippen molar-refractivity contribution in [2.45, 2.75) is 32.0 Å². The number of para-hydroxylation sites is 1. The number of pyridine rings is 1. The number of hydrogen-bond donors (Lipinski definition) is 0. The van der Waals surface area contributed by atoms with E-state index >= 15 is 0 Å². The summed E-state index contributed by atoms with van der Waals surface area (Å²) in [7, 11) is 0. The highest BCUT2D eigenvalue weighted by Gasteiger charge is 2.20. The predicted octanol–water partition coefficient (Wildman–Crippen LogP) is 2.84. The molecule has 6 nitrogen and oxygen atoms in total. The molecule has 3 heterocycles. The molecule has 0 aliphatic carbocycles. The van der Waals surface area contributed by atoms with E-state index in [4.69, 9.17) is 4.74 Å². The summed E-state index contributed by atoms with van der Waals surface area (Å²) < 4.78 is 5.83. The quantitative estimate of drug-likeness (QED) is 0.656. The van der Waals surface area contributed by atoms with Crippen LogP contribution in [-0.2, 0) is 17.8 Å². The van der Waals surface area contributed by atoms with E-state index in [1.807, 2.05) is 48.8 Å². The van der Waals surface area contributed by atoms with Gasteiger partial charge in [-0.1, -0.05) is 24.3 Å². The van der Waals surface area contributed by atoms with Crippen molar-refractivity contribution in [3.63, 3.8) is 0 Å². The Morgan fingerprint density at radius 1 is 1.08 bits per heavy atom. The van der Waals surface area contributed by atoms with Crippen LogP contribution in [0.4, 0.5) is 0 Å². The fraction of sp³-hybridized carbons (Fsp3) is 0.350. The Bertz CT molecular complexity index is 799. The second-order valence-corrected chi connectivity index (χ2v) is 6.63. The van der Waals surface area contributed by atoms with Gasteiger partial charge in [0.1, 0.15) is 0 Å². The van der Waals surface area contributed by atoms with Gasteiger partial charge >= 0.3 is 0 Å². The lowest BCUT2D eigenvalue weighted by molar-refractivity contribution is 0.0674. The highest BCUT2D eigenvalue weighted by molar-refractivity contribution is 5.28. The van der Waals surface area contributed by atoms with Crippen LogP contribution in [0.25, 0.3) is 5.69 Å². The molecule has 1 aliphatic rings. The lowest BCUT2D eigenvalue weighted by Gasteiger charge is -2.24. The van der Waals surface area contributed by atoms with Crippen molar-refractivity contribution in [3.8, 4) is 5.69 Å². The SMILES string of the molecule is c1ccc(-n2ncc(CN(Cc3cccnc3)CC3CCCO3)n2)cc1. The summed E-state index contributed by atoms with van der Waals surface area (Å²) >= 11 is 0. The summed E-state index contributed by atoms with van der Waals surface area (Å²) in [6, 6.07) is 14.1. The molecule has 26 heavy (non-hydrogen) atoms. The van der Waals surface area contributed by atoms with Crippen LogP contribution in [0.5, 0.6) is 0 Å². The maximum absolute atomic E-state index is 5.83. The lowest BCUT2D eigenvalue weighted by atomic mass is 10.2. The molecule has 0 bridgehead atoms. The van der Waals surface area contributed by atoms with Crippen LogP contribution < -0.4 is 0 Å². The van der Waals surface area contributed by atoms with Gasteiger partial charge in [0.05, 0.1) is 23.7 Å². The van der Waals surface area contributed by atoms with E-state index in [2.05, 4.69) is 26.1 Å². The molecule has 2 aromatic heterocycles. The van der Waals surface area contributed by atoms with Crippen molar-refractivity contribution in [1.29, 1.82) is 0 Å². The van der Waals surface area contributed by atoms with Crippen LogP contribution in [0.3, 0.4) is 0 Å². The van der Waals surface area contributed by atoms with Crippen LogP contribution in [0, 0.1) is 0 Å². The van der Waals surface area contributed by atoms with E-state index in [9.17, 15) is 0 Å². The fourth-order valence-electron chi connectivity index (χ4n) is 3.29. The van der Waals surface area contributed by atoms with E-state index in [0.29, 0.717) is 6.10 Å². The van der Waals surface area contributed by atoms with Gasteiger partial charge in [-0.3, -0.25) is 9.88 Å². The van der Waals surface area contributed by atoms with Gasteiger partial charge in [0.25, 0.3) is 0 Å². The first-order valence-electron chi connectivity index (χ1n) is 9.06. The third-order valence-electron chi connectivity index (χ3n) is 4.53. The zero-order valence-electron chi connectivity index (χ0n) is 14.7. The van der Waals surface area contributed by atoms with Gasteiger partial charge in [-0.15, -0.1) is 0 Å². The molecule has 0 saturated carbocycles. The summed E-state index contributed by atoms with van der Waals surface area (Å²) in [5, 5.41) is 9.06. The van der Waals surface area contributed by atoms with Crippen molar-refractivity contribution < 1.29 is 4.74 Å². The van der Waals surface area contributed by atoms with Crippen LogP contribution in [0.2, 0.25) is 0 Å². The molecule has 1 atom stereocenters. The molecule has 134 valence electrons. The molecule has 0 radical (unpaired) electrons. The molecular formula is C20H23N5O. The van der Waals surface area contributed by atoms with Crippen molar-refractivity contribution in [2.24, 2.45) is 0 Å². The summed E-state index contributed by atoms with van der Waals surface area (Å²) in [5.74, 6) is 0. The maximum atomic E-state index is 5.83. The second kappa shape index (κ2) is 8.21. The van der Waals surface area contributed by atoms with Crippen LogP contribution >= 0.6 is 0 Å². The molecular weight excluding hydrogens is 326 g/mol. The molecule has 6 heteroatoms. The van der Waals surface area contributed by atoms with Gasteiger partial charge in [-0.05, 0) is 36.6 Å². The van der Waals surface area contributed by atoms with Gasteiger partial charge in [0, 0.05) is 38.6 Å². The van der Waals surface area contributed by atoms with E-state index in [1.54, 1.807) is 11.0 Å². The highest BCUT2D eigenvalue weighted by atomic mass is 16.5. The largest absolute Gasteiger partial charge is 0.377 e. The average molecular weight is 349 g/mol. The minimum absolute atomic E-state index is 0.302. The van der Waals surface area contributed by atoms with Crippen LogP contribution in [0.15, 0.2) is 61.1 Å². The van der Waals surface area contributed by atoms with Gasteiger partial charge in [-0.25, -0.2) is 0 Å². The van der Waals surface area contributed by atoms with E-state index in [-0.39, 0.29) is 0 Å². The zero-order chi connectivity index (χ0) is 17.6. The number of ether oxygens (including phenoxy) is 1. The Morgan fingerprint density at radius 3 is 2.77 bits per heavy atom. The van der Waals surface area contributed by atoms with Crippen LogP contribution in [0.1, 0.15) is 24.1 Å². The van der Waals surface area contributed by atoms with Gasteiger partial charge < -0.3 is 4.74 Å². The Labute approximate surface area is 153 Å². The van der Waals surface area contributed by atoms with E-state index < -0.39 is 0 Å². The number of aromatic nitrogens is 4. The molecule has 0 amide bonds. The number of nitrogens with zero attached hydrogens (tertiary/aromatic N) is 5. The minimum Gasteiger partial charge on any atom is -0.377 e. The molecule has 1 fully saturated rings. The summed E-state index contributed by atoms with van der Waals surface area (Å²) in [6.45, 7) is 3.33. The van der Waals surface area contributed by atoms with Crippen molar-refractivity contribution in [2.75, 3.05) is 13.2 Å². The Kier molecular flexibility index (Phi) is 5.33. The molecule has 1 aromatic carbocycles. The number of hydrogen-bond acceptors (Lipinski definition) is 5. The molecule has 0 spiro atoms. The molecule has 3 aromatic rings. The Morgan fingerprint density at radius 2 is 2.00 bits per heavy atom. The first-order chi connectivity index (χ1) is 12.9. The van der Waals surface area contributed by atoms with Crippen LogP contribution in [-0.4, -0.2) is 44.1 Å². The average Bonchev–Trinajstić information content (AvgIpc) is 3.35. The Hall–Kier alpha value is -2.57. The van der Waals surface area contributed by atoms with Gasteiger partial charge in [0.15, 0.2) is 0 Å². The fourth-order valence-corrected chi connectivity index (χ4v) is 3.29. The minimum atomic E-state index is 0.302. The normalized spacial score (nSPS) is 17.0. The summed E-state index contributed by atoms with van der Waals surface area (Å²) in [5.41, 5.74) is 3.12. The second-order valence-electron chi connectivity index (χ2n) is 6.63. The summed E-state index contributed by atoms with van der Waals surface area (Å²) in [6.07, 6.45) is 8.15. The smallest absolute Gasteiger partial charge is 0.0971 e. The third kappa shape index (κ3) is 4.33. The summed E-state index contributed by atoms with van der Waals surface area (Å²) in [4.78, 5) is 8.28. The van der Waals surface area contributed by atoms with Crippen molar-refractivity contribution in [3.05, 3.63) is 72.3 Å². The molecule has 1 unspecified atom stereocenters. The molecule has 1 saturated heterocycles.